The Hall–Kier alpha value is -0.570. The third kappa shape index (κ3) is 2.44. The average molecular weight is 184 g/mol. The Morgan fingerprint density at radius 1 is 1.69 bits per heavy atom. The van der Waals surface area contributed by atoms with E-state index in [2.05, 4.69) is 12.2 Å². The molecule has 0 aromatic carbocycles. The minimum atomic E-state index is 0.242. The van der Waals surface area contributed by atoms with Crippen molar-refractivity contribution in [2.24, 2.45) is 11.8 Å². The molecule has 0 saturated carbocycles. The molecule has 1 heterocycles. The summed E-state index contributed by atoms with van der Waals surface area (Å²) < 4.78 is 0. The highest BCUT2D eigenvalue weighted by atomic mass is 16.2. The summed E-state index contributed by atoms with van der Waals surface area (Å²) in [5.74, 6) is 1.03. The number of hydrogen-bond donors (Lipinski definition) is 1. The summed E-state index contributed by atoms with van der Waals surface area (Å²) in [7, 11) is 3.84. The Kier molecular flexibility index (Phi) is 3.72. The lowest BCUT2D eigenvalue weighted by atomic mass is 9.86. The van der Waals surface area contributed by atoms with Gasteiger partial charge in [-0.05, 0) is 32.4 Å². The Labute approximate surface area is 80.5 Å². The molecule has 2 unspecified atom stereocenters. The number of carbonyl (C=O) groups is 1. The Morgan fingerprint density at radius 3 is 3.00 bits per heavy atom. The molecule has 3 nitrogen and oxygen atoms in total. The summed E-state index contributed by atoms with van der Waals surface area (Å²) >= 11 is 0. The van der Waals surface area contributed by atoms with E-state index < -0.39 is 0 Å². The normalized spacial score (nSPS) is 26.2. The highest BCUT2D eigenvalue weighted by Crippen LogP contribution is 2.23. The van der Waals surface area contributed by atoms with Gasteiger partial charge >= 0.3 is 0 Å². The van der Waals surface area contributed by atoms with Gasteiger partial charge < -0.3 is 10.2 Å². The van der Waals surface area contributed by atoms with Crippen LogP contribution in [0.25, 0.3) is 0 Å². The van der Waals surface area contributed by atoms with Gasteiger partial charge in [-0.25, -0.2) is 0 Å². The quantitative estimate of drug-likeness (QED) is 0.700. The van der Waals surface area contributed by atoms with E-state index >= 15 is 0 Å². The van der Waals surface area contributed by atoms with Crippen LogP contribution in [0.2, 0.25) is 0 Å². The molecule has 76 valence electrons. The van der Waals surface area contributed by atoms with Crippen molar-refractivity contribution in [3.63, 3.8) is 0 Å². The van der Waals surface area contributed by atoms with Crippen molar-refractivity contribution in [1.82, 2.24) is 10.2 Å². The summed E-state index contributed by atoms with van der Waals surface area (Å²) in [5, 5.41) is 3.13. The molecule has 2 atom stereocenters. The maximum atomic E-state index is 11.7. The van der Waals surface area contributed by atoms with E-state index in [0.29, 0.717) is 11.8 Å². The molecule has 1 amide bonds. The summed E-state index contributed by atoms with van der Waals surface area (Å²) in [6.07, 6.45) is 2.22. The van der Waals surface area contributed by atoms with E-state index in [0.717, 1.165) is 25.9 Å². The number of rotatable bonds is 3. The van der Waals surface area contributed by atoms with Gasteiger partial charge in [-0.1, -0.05) is 6.92 Å². The number of hydrogen-bond acceptors (Lipinski definition) is 2. The first kappa shape index (κ1) is 10.5. The molecule has 13 heavy (non-hydrogen) atoms. The Balaban J connectivity index is 2.52. The summed E-state index contributed by atoms with van der Waals surface area (Å²) in [6.45, 7) is 4.02. The monoisotopic (exact) mass is 184 g/mol. The van der Waals surface area contributed by atoms with Gasteiger partial charge in [0.1, 0.15) is 0 Å². The van der Waals surface area contributed by atoms with Gasteiger partial charge in [-0.15, -0.1) is 0 Å². The van der Waals surface area contributed by atoms with Gasteiger partial charge in [-0.2, -0.15) is 0 Å². The fourth-order valence-electron chi connectivity index (χ4n) is 2.06. The molecular formula is C10H20N2O. The van der Waals surface area contributed by atoms with Gasteiger partial charge in [0.25, 0.3) is 0 Å². The predicted octanol–water partition coefficient (Wildman–Crippen LogP) is 0.710. The number of amides is 1. The molecule has 0 spiro atoms. The first-order valence-corrected chi connectivity index (χ1v) is 5.06. The third-order valence-corrected chi connectivity index (χ3v) is 2.92. The molecule has 0 radical (unpaired) electrons. The van der Waals surface area contributed by atoms with Crippen molar-refractivity contribution in [3.8, 4) is 0 Å². The van der Waals surface area contributed by atoms with Crippen LogP contribution in [0.5, 0.6) is 0 Å². The standard InChI is InChI=1S/C10H20N2O/c1-8(7-11-2)9-5-4-6-12(3)10(9)13/h8-9,11H,4-7H2,1-3H3. The fourth-order valence-corrected chi connectivity index (χ4v) is 2.06. The summed E-state index contributed by atoms with van der Waals surface area (Å²) in [6, 6.07) is 0. The zero-order valence-corrected chi connectivity index (χ0v) is 8.84. The van der Waals surface area contributed by atoms with Crippen molar-refractivity contribution in [2.45, 2.75) is 19.8 Å². The van der Waals surface area contributed by atoms with E-state index in [9.17, 15) is 4.79 Å². The van der Waals surface area contributed by atoms with Crippen molar-refractivity contribution in [1.29, 1.82) is 0 Å². The second kappa shape index (κ2) is 4.61. The van der Waals surface area contributed by atoms with Crippen LogP contribution < -0.4 is 5.32 Å². The highest BCUT2D eigenvalue weighted by Gasteiger charge is 2.30. The van der Waals surface area contributed by atoms with Crippen LogP contribution in [0.1, 0.15) is 19.8 Å². The molecule has 1 aliphatic heterocycles. The maximum absolute atomic E-state index is 11.7. The fraction of sp³-hybridized carbons (Fsp3) is 0.900. The summed E-state index contributed by atoms with van der Waals surface area (Å²) in [5.41, 5.74) is 0. The number of carbonyl (C=O) groups excluding carboxylic acids is 1. The van der Waals surface area contributed by atoms with E-state index in [4.69, 9.17) is 0 Å². The van der Waals surface area contributed by atoms with Crippen LogP contribution in [0, 0.1) is 11.8 Å². The van der Waals surface area contributed by atoms with E-state index in [-0.39, 0.29) is 5.92 Å². The largest absolute Gasteiger partial charge is 0.346 e. The van der Waals surface area contributed by atoms with E-state index in [1.165, 1.54) is 0 Å². The van der Waals surface area contributed by atoms with Crippen molar-refractivity contribution < 1.29 is 4.79 Å². The smallest absolute Gasteiger partial charge is 0.225 e. The van der Waals surface area contributed by atoms with Crippen LogP contribution in [0.15, 0.2) is 0 Å². The van der Waals surface area contributed by atoms with Gasteiger partial charge in [0.15, 0.2) is 0 Å². The lowest BCUT2D eigenvalue weighted by molar-refractivity contribution is -0.138. The number of nitrogens with one attached hydrogen (secondary N) is 1. The second-order valence-corrected chi connectivity index (χ2v) is 4.04. The van der Waals surface area contributed by atoms with Gasteiger partial charge in [0, 0.05) is 19.5 Å². The van der Waals surface area contributed by atoms with Crippen LogP contribution in [0.4, 0.5) is 0 Å². The lowest BCUT2D eigenvalue weighted by Gasteiger charge is -2.32. The van der Waals surface area contributed by atoms with E-state index in [1.54, 1.807) is 0 Å². The molecule has 1 rings (SSSR count). The number of likely N-dealkylation sites (tertiary alicyclic amines) is 1. The molecule has 1 fully saturated rings. The number of nitrogens with zero attached hydrogens (tertiary/aromatic N) is 1. The highest BCUT2D eigenvalue weighted by molar-refractivity contribution is 5.79. The Morgan fingerprint density at radius 2 is 2.38 bits per heavy atom. The van der Waals surface area contributed by atoms with Crippen LogP contribution in [0.3, 0.4) is 0 Å². The van der Waals surface area contributed by atoms with Gasteiger partial charge in [0.05, 0.1) is 0 Å². The first-order valence-electron chi connectivity index (χ1n) is 5.06. The zero-order chi connectivity index (χ0) is 9.84. The molecule has 0 aliphatic carbocycles. The first-order chi connectivity index (χ1) is 6.16. The molecule has 3 heteroatoms. The third-order valence-electron chi connectivity index (χ3n) is 2.92. The molecule has 0 aromatic heterocycles. The van der Waals surface area contributed by atoms with Crippen molar-refractivity contribution >= 4 is 5.91 Å². The second-order valence-electron chi connectivity index (χ2n) is 4.04. The van der Waals surface area contributed by atoms with Crippen LogP contribution >= 0.6 is 0 Å². The SMILES string of the molecule is CNCC(C)C1CCCN(C)C1=O. The number of piperidine rings is 1. The molecule has 1 saturated heterocycles. The van der Waals surface area contributed by atoms with Gasteiger partial charge in [0.2, 0.25) is 5.91 Å². The Bertz CT molecular complexity index is 182. The maximum Gasteiger partial charge on any atom is 0.225 e. The van der Waals surface area contributed by atoms with Gasteiger partial charge in [-0.3, -0.25) is 4.79 Å². The molecule has 1 aliphatic rings. The van der Waals surface area contributed by atoms with Crippen LogP contribution in [-0.4, -0.2) is 38.0 Å². The van der Waals surface area contributed by atoms with Crippen molar-refractivity contribution in [3.05, 3.63) is 0 Å². The zero-order valence-electron chi connectivity index (χ0n) is 8.84. The minimum Gasteiger partial charge on any atom is -0.346 e. The molecular weight excluding hydrogens is 164 g/mol. The molecule has 0 bridgehead atoms. The molecule has 0 aromatic rings. The van der Waals surface area contributed by atoms with Crippen LogP contribution in [-0.2, 0) is 4.79 Å². The molecule has 1 N–H and O–H groups in total. The lowest BCUT2D eigenvalue weighted by Crippen LogP contribution is -2.42. The van der Waals surface area contributed by atoms with Crippen molar-refractivity contribution in [2.75, 3.05) is 27.2 Å². The van der Waals surface area contributed by atoms with E-state index in [1.807, 2.05) is 19.0 Å². The summed E-state index contributed by atoms with van der Waals surface area (Å²) in [4.78, 5) is 13.6. The minimum absolute atomic E-state index is 0.242. The average Bonchev–Trinajstić information content (AvgIpc) is 2.10. The predicted molar refractivity (Wildman–Crippen MR) is 53.5 cm³/mol. The topological polar surface area (TPSA) is 32.3 Å².